The standard InChI is InChI=1S/C11H14N2O6/c1-11(10(17)19-3)5-4(7(14)12-8(5)15)6(13-11)9(16)18-2/h4-6,13H,1-3H3,(H,12,14,15)/t4-,5+,6+,11+/m0/s1. The second kappa shape index (κ2) is 4.30. The second-order valence-corrected chi connectivity index (χ2v) is 4.70. The van der Waals surface area contributed by atoms with Gasteiger partial charge in [-0.15, -0.1) is 0 Å². The molecule has 4 atom stereocenters. The number of ether oxygens (including phenoxy) is 2. The summed E-state index contributed by atoms with van der Waals surface area (Å²) < 4.78 is 9.23. The molecule has 8 nitrogen and oxygen atoms in total. The molecule has 0 radical (unpaired) electrons. The first kappa shape index (κ1) is 13.5. The lowest BCUT2D eigenvalue weighted by Crippen LogP contribution is -2.55. The van der Waals surface area contributed by atoms with Crippen LogP contribution in [0.2, 0.25) is 0 Å². The SMILES string of the molecule is COC(=O)[C@@H]1N[C@@](C)(C(=O)OC)[C@H]2C(=O)NC(=O)[C@H]12. The van der Waals surface area contributed by atoms with Crippen molar-refractivity contribution < 1.29 is 28.7 Å². The Bertz CT molecular complexity index is 476. The molecule has 2 aliphatic heterocycles. The van der Waals surface area contributed by atoms with E-state index in [0.717, 1.165) is 0 Å². The van der Waals surface area contributed by atoms with Crippen molar-refractivity contribution in [3.05, 3.63) is 0 Å². The van der Waals surface area contributed by atoms with Crippen LogP contribution in [0.25, 0.3) is 0 Å². The number of methoxy groups -OCH3 is 2. The van der Waals surface area contributed by atoms with Crippen LogP contribution in [0.4, 0.5) is 0 Å². The van der Waals surface area contributed by atoms with Gasteiger partial charge in [-0.2, -0.15) is 0 Å². The Morgan fingerprint density at radius 3 is 2.32 bits per heavy atom. The molecule has 0 aliphatic carbocycles. The molecule has 0 aromatic rings. The maximum atomic E-state index is 11.9. The van der Waals surface area contributed by atoms with Crippen molar-refractivity contribution in [2.24, 2.45) is 11.8 Å². The maximum absolute atomic E-state index is 11.9. The number of hydrogen-bond donors (Lipinski definition) is 2. The van der Waals surface area contributed by atoms with Crippen molar-refractivity contribution in [2.45, 2.75) is 18.5 Å². The van der Waals surface area contributed by atoms with Crippen molar-refractivity contribution in [3.8, 4) is 0 Å². The highest BCUT2D eigenvalue weighted by Gasteiger charge is 2.66. The highest BCUT2D eigenvalue weighted by Crippen LogP contribution is 2.40. The first-order valence-electron chi connectivity index (χ1n) is 5.65. The molecule has 8 heteroatoms. The van der Waals surface area contributed by atoms with Gasteiger partial charge in [-0.3, -0.25) is 29.8 Å². The normalized spacial score (nSPS) is 36.7. The molecule has 0 aromatic carbocycles. The van der Waals surface area contributed by atoms with Crippen LogP contribution in [0.5, 0.6) is 0 Å². The smallest absolute Gasteiger partial charge is 0.326 e. The first-order chi connectivity index (χ1) is 8.86. The number of carbonyl (C=O) groups is 4. The summed E-state index contributed by atoms with van der Waals surface area (Å²) >= 11 is 0. The number of rotatable bonds is 2. The molecule has 2 aliphatic rings. The zero-order chi connectivity index (χ0) is 14.4. The highest BCUT2D eigenvalue weighted by molar-refractivity contribution is 6.11. The van der Waals surface area contributed by atoms with E-state index >= 15 is 0 Å². The van der Waals surface area contributed by atoms with E-state index in [1.54, 1.807) is 0 Å². The van der Waals surface area contributed by atoms with Crippen LogP contribution >= 0.6 is 0 Å². The highest BCUT2D eigenvalue weighted by atomic mass is 16.5. The van der Waals surface area contributed by atoms with Crippen molar-refractivity contribution in [1.29, 1.82) is 0 Å². The molecule has 0 saturated carbocycles. The van der Waals surface area contributed by atoms with E-state index in [4.69, 9.17) is 0 Å². The fourth-order valence-corrected chi connectivity index (χ4v) is 2.80. The molecule has 19 heavy (non-hydrogen) atoms. The molecule has 0 unspecified atom stereocenters. The van der Waals surface area contributed by atoms with Gasteiger partial charge in [0.05, 0.1) is 26.1 Å². The van der Waals surface area contributed by atoms with Gasteiger partial charge in [0.15, 0.2) is 0 Å². The van der Waals surface area contributed by atoms with Gasteiger partial charge >= 0.3 is 11.9 Å². The lowest BCUT2D eigenvalue weighted by atomic mass is 9.81. The monoisotopic (exact) mass is 270 g/mol. The minimum atomic E-state index is -1.44. The molecule has 0 aromatic heterocycles. The van der Waals surface area contributed by atoms with Gasteiger partial charge in [-0.1, -0.05) is 0 Å². The van der Waals surface area contributed by atoms with Crippen molar-refractivity contribution in [1.82, 2.24) is 10.6 Å². The Balaban J connectivity index is 2.45. The predicted octanol–water partition coefficient (Wildman–Crippen LogP) is -2.05. The van der Waals surface area contributed by atoms with E-state index in [2.05, 4.69) is 20.1 Å². The number of imide groups is 1. The summed E-state index contributed by atoms with van der Waals surface area (Å²) in [6, 6.07) is -1.05. The second-order valence-electron chi connectivity index (χ2n) is 4.70. The number of hydrogen-bond acceptors (Lipinski definition) is 7. The summed E-state index contributed by atoms with van der Waals surface area (Å²) in [5.74, 6) is -4.56. The molecular weight excluding hydrogens is 256 g/mol. The van der Waals surface area contributed by atoms with E-state index in [1.165, 1.54) is 21.1 Å². The molecule has 0 bridgehead atoms. The fourth-order valence-electron chi connectivity index (χ4n) is 2.80. The molecule has 2 N–H and O–H groups in total. The molecule has 104 valence electrons. The van der Waals surface area contributed by atoms with Gasteiger partial charge in [-0.25, -0.2) is 0 Å². The lowest BCUT2D eigenvalue weighted by Gasteiger charge is -2.26. The van der Waals surface area contributed by atoms with Gasteiger partial charge in [0.1, 0.15) is 11.6 Å². The number of fused-ring (bicyclic) bond motifs is 1. The fraction of sp³-hybridized carbons (Fsp3) is 0.636. The van der Waals surface area contributed by atoms with Crippen LogP contribution in [0, 0.1) is 11.8 Å². The Morgan fingerprint density at radius 2 is 1.79 bits per heavy atom. The summed E-state index contributed by atoms with van der Waals surface area (Å²) in [7, 11) is 2.34. The van der Waals surface area contributed by atoms with E-state index in [0.29, 0.717) is 0 Å². The number of nitrogens with one attached hydrogen (secondary N) is 2. The van der Waals surface area contributed by atoms with Crippen LogP contribution in [-0.4, -0.2) is 49.6 Å². The van der Waals surface area contributed by atoms with E-state index in [1.807, 2.05) is 0 Å². The lowest BCUT2D eigenvalue weighted by molar-refractivity contribution is -0.151. The average Bonchev–Trinajstić information content (AvgIpc) is 2.86. The minimum absolute atomic E-state index is 0.592. The third-order valence-electron chi connectivity index (χ3n) is 3.69. The molecule has 0 spiro atoms. The van der Waals surface area contributed by atoms with Crippen molar-refractivity contribution in [3.63, 3.8) is 0 Å². The van der Waals surface area contributed by atoms with Crippen LogP contribution in [0.1, 0.15) is 6.92 Å². The summed E-state index contributed by atoms with van der Waals surface area (Å²) in [5, 5.41) is 4.83. The first-order valence-corrected chi connectivity index (χ1v) is 5.65. The average molecular weight is 270 g/mol. The summed E-state index contributed by atoms with van der Waals surface area (Å²) in [6.07, 6.45) is 0. The third-order valence-corrected chi connectivity index (χ3v) is 3.69. The predicted molar refractivity (Wildman–Crippen MR) is 59.5 cm³/mol. The van der Waals surface area contributed by atoms with E-state index < -0.39 is 47.2 Å². The van der Waals surface area contributed by atoms with Gasteiger partial charge in [-0.05, 0) is 6.92 Å². The number of esters is 2. The molecule has 2 fully saturated rings. The van der Waals surface area contributed by atoms with Crippen LogP contribution < -0.4 is 10.6 Å². The Hall–Kier alpha value is -1.96. The Kier molecular flexibility index (Phi) is 3.05. The van der Waals surface area contributed by atoms with Gasteiger partial charge < -0.3 is 9.47 Å². The molecule has 2 heterocycles. The molecule has 2 saturated heterocycles. The van der Waals surface area contributed by atoms with E-state index in [-0.39, 0.29) is 0 Å². The Morgan fingerprint density at radius 1 is 1.16 bits per heavy atom. The zero-order valence-electron chi connectivity index (χ0n) is 10.7. The number of carbonyl (C=O) groups excluding carboxylic acids is 4. The third kappa shape index (κ3) is 1.71. The number of amides is 2. The van der Waals surface area contributed by atoms with Crippen molar-refractivity contribution >= 4 is 23.8 Å². The van der Waals surface area contributed by atoms with Gasteiger partial charge in [0.2, 0.25) is 11.8 Å². The topological polar surface area (TPSA) is 111 Å². The van der Waals surface area contributed by atoms with Gasteiger partial charge in [0.25, 0.3) is 0 Å². The van der Waals surface area contributed by atoms with Crippen LogP contribution in [0.15, 0.2) is 0 Å². The summed E-state index contributed by atoms with van der Waals surface area (Å²) in [6.45, 7) is 1.43. The summed E-state index contributed by atoms with van der Waals surface area (Å²) in [4.78, 5) is 47.1. The van der Waals surface area contributed by atoms with Crippen molar-refractivity contribution in [2.75, 3.05) is 14.2 Å². The summed E-state index contributed by atoms with van der Waals surface area (Å²) in [5.41, 5.74) is -1.44. The van der Waals surface area contributed by atoms with Crippen LogP contribution in [-0.2, 0) is 28.7 Å². The maximum Gasteiger partial charge on any atom is 0.326 e. The minimum Gasteiger partial charge on any atom is -0.468 e. The quantitative estimate of drug-likeness (QED) is 0.439. The molecule has 2 amide bonds. The van der Waals surface area contributed by atoms with Crippen LogP contribution in [0.3, 0.4) is 0 Å². The molecule has 2 rings (SSSR count). The Labute approximate surface area is 108 Å². The van der Waals surface area contributed by atoms with E-state index in [9.17, 15) is 19.2 Å². The zero-order valence-corrected chi connectivity index (χ0v) is 10.7. The largest absolute Gasteiger partial charge is 0.468 e. The van der Waals surface area contributed by atoms with Gasteiger partial charge in [0, 0.05) is 0 Å². The molecular formula is C11H14N2O6.